The van der Waals surface area contributed by atoms with Gasteiger partial charge < -0.3 is 19.9 Å². The summed E-state index contributed by atoms with van der Waals surface area (Å²) in [5, 5.41) is 7.06. The van der Waals surface area contributed by atoms with Crippen molar-refractivity contribution in [2.45, 2.75) is 25.9 Å². The molecule has 1 atom stereocenters. The van der Waals surface area contributed by atoms with Gasteiger partial charge in [-0.1, -0.05) is 0 Å². The Morgan fingerprint density at radius 3 is 3.06 bits per heavy atom. The molecule has 0 aliphatic heterocycles. The van der Waals surface area contributed by atoms with Gasteiger partial charge in [0.25, 0.3) is 0 Å². The highest BCUT2D eigenvalue weighted by Crippen LogP contribution is 1.91. The fourth-order valence-electron chi connectivity index (χ4n) is 1.45. The van der Waals surface area contributed by atoms with E-state index in [9.17, 15) is 0 Å². The van der Waals surface area contributed by atoms with E-state index in [4.69, 9.17) is 17.0 Å². The van der Waals surface area contributed by atoms with Crippen LogP contribution in [0.3, 0.4) is 0 Å². The van der Waals surface area contributed by atoms with E-state index in [-0.39, 0.29) is 6.04 Å². The third-order valence-corrected chi connectivity index (χ3v) is 2.49. The molecule has 1 heterocycles. The van der Waals surface area contributed by atoms with E-state index in [2.05, 4.69) is 22.5 Å². The average Bonchev–Trinajstić information content (AvgIpc) is 2.77. The molecule has 1 aromatic heterocycles. The molecule has 0 aliphatic carbocycles. The molecule has 1 rings (SSSR count). The van der Waals surface area contributed by atoms with Crippen molar-refractivity contribution < 1.29 is 4.74 Å². The fourth-order valence-corrected chi connectivity index (χ4v) is 1.75. The van der Waals surface area contributed by atoms with Crippen LogP contribution in [-0.2, 0) is 11.3 Å². The van der Waals surface area contributed by atoms with Gasteiger partial charge in [-0.2, -0.15) is 0 Å². The summed E-state index contributed by atoms with van der Waals surface area (Å²) in [4.78, 5) is 4.00. The van der Waals surface area contributed by atoms with Crippen molar-refractivity contribution in [3.63, 3.8) is 0 Å². The van der Waals surface area contributed by atoms with Crippen LogP contribution in [-0.4, -0.2) is 41.0 Å². The lowest BCUT2D eigenvalue weighted by Gasteiger charge is -2.17. The van der Waals surface area contributed by atoms with Gasteiger partial charge in [0, 0.05) is 45.2 Å². The number of nitrogens with zero attached hydrogens (tertiary/aromatic N) is 2. The van der Waals surface area contributed by atoms with Crippen LogP contribution in [0.25, 0.3) is 0 Å². The molecule has 0 saturated heterocycles. The first-order valence-electron chi connectivity index (χ1n) is 5.71. The zero-order valence-electron chi connectivity index (χ0n) is 10.3. The van der Waals surface area contributed by atoms with Gasteiger partial charge in [-0.25, -0.2) is 4.98 Å². The smallest absolute Gasteiger partial charge is 0.166 e. The maximum Gasteiger partial charge on any atom is 0.166 e. The predicted octanol–water partition coefficient (Wildman–Crippen LogP) is 0.772. The second-order valence-corrected chi connectivity index (χ2v) is 4.32. The van der Waals surface area contributed by atoms with Crippen LogP contribution in [0.4, 0.5) is 0 Å². The highest BCUT2D eigenvalue weighted by molar-refractivity contribution is 7.80. The largest absolute Gasteiger partial charge is 0.385 e. The first-order chi connectivity index (χ1) is 8.22. The molecule has 2 N–H and O–H groups in total. The normalized spacial score (nSPS) is 12.1. The summed E-state index contributed by atoms with van der Waals surface area (Å²) in [6, 6.07) is 0.270. The molecule has 0 saturated carbocycles. The first kappa shape index (κ1) is 13.9. The number of ether oxygens (including phenoxy) is 1. The van der Waals surface area contributed by atoms with Gasteiger partial charge in [-0.3, -0.25) is 0 Å². The molecule has 17 heavy (non-hydrogen) atoms. The van der Waals surface area contributed by atoms with Crippen molar-refractivity contribution in [1.29, 1.82) is 0 Å². The Morgan fingerprint density at radius 2 is 2.41 bits per heavy atom. The monoisotopic (exact) mass is 256 g/mol. The van der Waals surface area contributed by atoms with E-state index in [1.54, 1.807) is 19.6 Å². The molecule has 1 unspecified atom stereocenters. The van der Waals surface area contributed by atoms with Gasteiger partial charge in [0.15, 0.2) is 5.11 Å². The topological polar surface area (TPSA) is 51.1 Å². The molecule has 0 aromatic carbocycles. The van der Waals surface area contributed by atoms with Gasteiger partial charge in [-0.15, -0.1) is 0 Å². The van der Waals surface area contributed by atoms with Crippen molar-refractivity contribution in [2.24, 2.45) is 0 Å². The van der Waals surface area contributed by atoms with Crippen molar-refractivity contribution in [2.75, 3.05) is 20.3 Å². The minimum atomic E-state index is 0.270. The van der Waals surface area contributed by atoms with Gasteiger partial charge in [0.2, 0.25) is 0 Å². The molecule has 5 nitrogen and oxygen atoms in total. The Morgan fingerprint density at radius 1 is 1.59 bits per heavy atom. The lowest BCUT2D eigenvalue weighted by atomic mass is 10.3. The lowest BCUT2D eigenvalue weighted by molar-refractivity contribution is 0.195. The number of methoxy groups -OCH3 is 1. The highest BCUT2D eigenvalue weighted by Gasteiger charge is 2.04. The summed E-state index contributed by atoms with van der Waals surface area (Å²) in [6.07, 6.45) is 6.46. The zero-order chi connectivity index (χ0) is 12.5. The Labute approximate surface area is 108 Å². The second kappa shape index (κ2) is 8.03. The number of hydrogen-bond acceptors (Lipinski definition) is 3. The molecule has 0 bridgehead atoms. The Hall–Kier alpha value is -1.14. The van der Waals surface area contributed by atoms with Crippen LogP contribution < -0.4 is 10.6 Å². The summed E-state index contributed by atoms with van der Waals surface area (Å²) >= 11 is 5.19. The van der Waals surface area contributed by atoms with Crippen LogP contribution in [0, 0.1) is 0 Å². The third kappa shape index (κ3) is 6.23. The maximum atomic E-state index is 5.19. The quantitative estimate of drug-likeness (QED) is 0.557. The Balaban J connectivity index is 2.13. The molecule has 0 spiro atoms. The predicted molar refractivity (Wildman–Crippen MR) is 71.9 cm³/mol. The Kier molecular flexibility index (Phi) is 6.57. The molecule has 0 aliphatic rings. The van der Waals surface area contributed by atoms with Crippen LogP contribution in [0.5, 0.6) is 0 Å². The zero-order valence-corrected chi connectivity index (χ0v) is 11.2. The highest BCUT2D eigenvalue weighted by atomic mass is 32.1. The molecule has 0 radical (unpaired) electrons. The molecule has 0 amide bonds. The summed E-state index contributed by atoms with van der Waals surface area (Å²) in [5.41, 5.74) is 0. The van der Waals surface area contributed by atoms with E-state index in [0.717, 1.165) is 26.1 Å². The van der Waals surface area contributed by atoms with Crippen molar-refractivity contribution >= 4 is 17.3 Å². The number of nitrogens with one attached hydrogen (secondary N) is 2. The van der Waals surface area contributed by atoms with Crippen LogP contribution in [0.2, 0.25) is 0 Å². The average molecular weight is 256 g/mol. The Bertz CT molecular complexity index is 315. The van der Waals surface area contributed by atoms with Crippen LogP contribution >= 0.6 is 12.2 Å². The molecule has 6 heteroatoms. The van der Waals surface area contributed by atoms with E-state index in [1.807, 2.05) is 10.8 Å². The molecule has 1 aromatic rings. The van der Waals surface area contributed by atoms with Gasteiger partial charge >= 0.3 is 0 Å². The van der Waals surface area contributed by atoms with Crippen LogP contribution in [0.1, 0.15) is 13.3 Å². The summed E-state index contributed by atoms with van der Waals surface area (Å²) in [7, 11) is 1.70. The number of thiocarbonyl (C=S) groups is 1. The summed E-state index contributed by atoms with van der Waals surface area (Å²) in [6.45, 7) is 4.51. The fraction of sp³-hybridized carbons (Fsp3) is 0.636. The molecular formula is C11H20N4OS. The lowest BCUT2D eigenvalue weighted by Crippen LogP contribution is -2.42. The SMILES string of the molecule is COCCCNC(=S)NC(C)Cn1ccnc1. The van der Waals surface area contributed by atoms with E-state index >= 15 is 0 Å². The second-order valence-electron chi connectivity index (χ2n) is 3.91. The number of hydrogen-bond donors (Lipinski definition) is 2. The third-order valence-electron chi connectivity index (χ3n) is 2.23. The van der Waals surface area contributed by atoms with Crippen molar-refractivity contribution in [3.05, 3.63) is 18.7 Å². The van der Waals surface area contributed by atoms with Gasteiger partial charge in [0.1, 0.15) is 0 Å². The minimum absolute atomic E-state index is 0.270. The molecular weight excluding hydrogens is 236 g/mol. The number of rotatable bonds is 7. The van der Waals surface area contributed by atoms with E-state index in [1.165, 1.54) is 0 Å². The standard InChI is InChI=1S/C11H20N4OS/c1-10(8-15-6-5-12-9-15)14-11(17)13-4-3-7-16-2/h5-6,9-10H,3-4,7-8H2,1-2H3,(H2,13,14,17). The summed E-state index contributed by atoms with van der Waals surface area (Å²) < 4.78 is 6.98. The van der Waals surface area contributed by atoms with Crippen LogP contribution in [0.15, 0.2) is 18.7 Å². The van der Waals surface area contributed by atoms with Gasteiger partial charge in [-0.05, 0) is 25.6 Å². The first-order valence-corrected chi connectivity index (χ1v) is 6.12. The summed E-state index contributed by atoms with van der Waals surface area (Å²) in [5.74, 6) is 0. The number of imidazole rings is 1. The number of aromatic nitrogens is 2. The van der Waals surface area contributed by atoms with Crippen molar-refractivity contribution in [1.82, 2.24) is 20.2 Å². The van der Waals surface area contributed by atoms with Gasteiger partial charge in [0.05, 0.1) is 6.33 Å². The van der Waals surface area contributed by atoms with Crippen molar-refractivity contribution in [3.8, 4) is 0 Å². The molecule has 0 fully saturated rings. The minimum Gasteiger partial charge on any atom is -0.385 e. The van der Waals surface area contributed by atoms with E-state index in [0.29, 0.717) is 5.11 Å². The van der Waals surface area contributed by atoms with E-state index < -0.39 is 0 Å². The maximum absolute atomic E-state index is 5.19. The molecule has 96 valence electrons.